The third kappa shape index (κ3) is 1.70. The lowest BCUT2D eigenvalue weighted by molar-refractivity contribution is -0.555. The van der Waals surface area contributed by atoms with Crippen LogP contribution in [0.15, 0.2) is 12.8 Å². The highest BCUT2D eigenvalue weighted by Gasteiger charge is 1.42. The predicted octanol–water partition coefficient (Wildman–Crippen LogP) is -0.677. The Hall–Kier alpha value is -0.300. The van der Waals surface area contributed by atoms with Gasteiger partial charge in [-0.3, -0.25) is 0 Å². The molecule has 0 aliphatic rings. The van der Waals surface area contributed by atoms with Crippen LogP contribution in [0.4, 0.5) is 0 Å². The van der Waals surface area contributed by atoms with Crippen molar-refractivity contribution in [2.24, 2.45) is 0 Å². The van der Waals surface area contributed by atoms with Crippen LogP contribution in [-0.2, 0) is 0 Å². The van der Waals surface area contributed by atoms with Gasteiger partial charge in [-0.2, -0.15) is 0 Å². The molecule has 0 rings (SSSR count). The van der Waals surface area contributed by atoms with E-state index in [0.29, 0.717) is 0 Å². The molecule has 0 aromatic rings. The van der Waals surface area contributed by atoms with E-state index in [1.54, 1.807) is 6.20 Å². The molecular formula is C3H8N+. The molecule has 1 heteroatoms. The first kappa shape index (κ1) is 3.70. The summed E-state index contributed by atoms with van der Waals surface area (Å²) in [6.45, 7) is 3.42. The summed E-state index contributed by atoms with van der Waals surface area (Å²) in [7, 11) is 1.94. The van der Waals surface area contributed by atoms with Crippen molar-refractivity contribution >= 4 is 0 Å². The molecule has 1 nitrogen and oxygen atoms in total. The third-order valence-corrected chi connectivity index (χ3v) is 0.236. The van der Waals surface area contributed by atoms with Gasteiger partial charge in [0.05, 0.1) is 13.2 Å². The number of quaternary nitrogens is 1. The highest BCUT2D eigenvalue weighted by Crippen LogP contribution is 1.11. The standard InChI is InChI=1S/C3H7N/c1-3-4-2/h3-4H,1H2,2H3/p+1. The molecule has 0 atom stereocenters. The second-order valence-electron chi connectivity index (χ2n) is 0.569. The molecule has 0 saturated heterocycles. The van der Waals surface area contributed by atoms with Gasteiger partial charge in [0.2, 0.25) is 0 Å². The van der Waals surface area contributed by atoms with E-state index in [-0.39, 0.29) is 0 Å². The molecule has 0 amide bonds. The minimum absolute atomic E-state index is 1.75. The predicted molar refractivity (Wildman–Crippen MR) is 18.0 cm³/mol. The normalized spacial score (nSPS) is 6.25. The summed E-state index contributed by atoms with van der Waals surface area (Å²) in [4.78, 5) is 0. The SMILES string of the molecule is C=C[NH2+]C. The molecule has 0 aromatic heterocycles. The lowest BCUT2D eigenvalue weighted by Crippen LogP contribution is -2.72. The van der Waals surface area contributed by atoms with E-state index < -0.39 is 0 Å². The van der Waals surface area contributed by atoms with Crippen molar-refractivity contribution in [3.63, 3.8) is 0 Å². The fraction of sp³-hybridized carbons (Fsp3) is 0.333. The van der Waals surface area contributed by atoms with Gasteiger partial charge in [-0.25, -0.2) is 0 Å². The van der Waals surface area contributed by atoms with Crippen LogP contribution in [0.25, 0.3) is 0 Å². The van der Waals surface area contributed by atoms with E-state index in [1.165, 1.54) is 0 Å². The lowest BCUT2D eigenvalue weighted by atomic mass is 11.0. The number of hydrogen-bond donors (Lipinski definition) is 1. The van der Waals surface area contributed by atoms with Crippen LogP contribution < -0.4 is 5.32 Å². The second kappa shape index (κ2) is 2.70. The third-order valence-electron chi connectivity index (χ3n) is 0.236. The summed E-state index contributed by atoms with van der Waals surface area (Å²) >= 11 is 0. The molecule has 0 bridgehead atoms. The van der Waals surface area contributed by atoms with Gasteiger partial charge in [-0.1, -0.05) is 0 Å². The fourth-order valence-electron chi connectivity index (χ4n) is 0. The van der Waals surface area contributed by atoms with Gasteiger partial charge >= 0.3 is 0 Å². The van der Waals surface area contributed by atoms with Crippen molar-refractivity contribution in [3.05, 3.63) is 12.8 Å². The van der Waals surface area contributed by atoms with E-state index in [2.05, 4.69) is 6.58 Å². The zero-order chi connectivity index (χ0) is 3.41. The molecule has 0 radical (unpaired) electrons. The average molecular weight is 58.1 g/mol. The summed E-state index contributed by atoms with van der Waals surface area (Å²) in [6, 6.07) is 0. The first-order valence-electron chi connectivity index (χ1n) is 1.32. The van der Waals surface area contributed by atoms with E-state index >= 15 is 0 Å². The lowest BCUT2D eigenvalue weighted by Gasteiger charge is -1.63. The summed E-state index contributed by atoms with van der Waals surface area (Å²) in [6.07, 6.45) is 1.75. The summed E-state index contributed by atoms with van der Waals surface area (Å²) in [5.41, 5.74) is 0. The molecule has 0 aliphatic carbocycles. The first-order chi connectivity index (χ1) is 1.91. The Morgan fingerprint density at radius 1 is 2.00 bits per heavy atom. The van der Waals surface area contributed by atoms with Crippen molar-refractivity contribution in [1.29, 1.82) is 0 Å². The topological polar surface area (TPSA) is 16.6 Å². The maximum absolute atomic E-state index is 3.42. The largest absolute Gasteiger partial charge is 0.323 e. The molecule has 0 heterocycles. The molecular weight excluding hydrogens is 50.0 g/mol. The smallest absolute Gasteiger partial charge is 0.0850 e. The van der Waals surface area contributed by atoms with Crippen LogP contribution in [0.5, 0.6) is 0 Å². The molecule has 0 unspecified atom stereocenters. The first-order valence-corrected chi connectivity index (χ1v) is 1.32. The van der Waals surface area contributed by atoms with Gasteiger partial charge < -0.3 is 5.32 Å². The van der Waals surface area contributed by atoms with Crippen LogP contribution in [0, 0.1) is 0 Å². The summed E-state index contributed by atoms with van der Waals surface area (Å²) in [5.74, 6) is 0. The Morgan fingerprint density at radius 2 is 2.25 bits per heavy atom. The zero-order valence-corrected chi connectivity index (χ0v) is 2.86. The Labute approximate surface area is 26.3 Å². The minimum atomic E-state index is 1.75. The number of nitrogens with two attached hydrogens (primary N) is 1. The van der Waals surface area contributed by atoms with Crippen LogP contribution >= 0.6 is 0 Å². The van der Waals surface area contributed by atoms with E-state index in [9.17, 15) is 0 Å². The maximum atomic E-state index is 3.42. The molecule has 2 N–H and O–H groups in total. The van der Waals surface area contributed by atoms with Crippen molar-refractivity contribution in [2.45, 2.75) is 0 Å². The monoisotopic (exact) mass is 58.1 g/mol. The van der Waals surface area contributed by atoms with E-state index in [1.807, 2.05) is 12.4 Å². The van der Waals surface area contributed by atoms with Crippen LogP contribution in [-0.4, -0.2) is 7.05 Å². The van der Waals surface area contributed by atoms with E-state index in [4.69, 9.17) is 0 Å². The van der Waals surface area contributed by atoms with Gasteiger partial charge in [0.1, 0.15) is 0 Å². The quantitative estimate of drug-likeness (QED) is 0.411. The average Bonchev–Trinajstić information content (AvgIpc) is 1.37. The van der Waals surface area contributed by atoms with Crippen molar-refractivity contribution < 1.29 is 5.32 Å². The molecule has 4 heavy (non-hydrogen) atoms. The Kier molecular flexibility index (Phi) is 2.50. The van der Waals surface area contributed by atoms with Gasteiger partial charge in [-0.05, 0) is 6.58 Å². The van der Waals surface area contributed by atoms with Crippen LogP contribution in [0.1, 0.15) is 0 Å². The van der Waals surface area contributed by atoms with Gasteiger partial charge in [0.15, 0.2) is 0 Å². The van der Waals surface area contributed by atoms with Crippen molar-refractivity contribution in [2.75, 3.05) is 7.05 Å². The molecule has 0 aliphatic heterocycles. The molecule has 0 fully saturated rings. The Balaban J connectivity index is 2.30. The summed E-state index contributed by atoms with van der Waals surface area (Å²) < 4.78 is 0. The Morgan fingerprint density at radius 3 is 2.25 bits per heavy atom. The Bertz CT molecular complexity index is 17.2. The fourth-order valence-corrected chi connectivity index (χ4v) is 0. The molecule has 0 aromatic carbocycles. The number of hydrogen-bond acceptors (Lipinski definition) is 0. The maximum Gasteiger partial charge on any atom is 0.0850 e. The van der Waals surface area contributed by atoms with Crippen molar-refractivity contribution in [3.8, 4) is 0 Å². The highest BCUT2D eigenvalue weighted by molar-refractivity contribution is 4.37. The summed E-state index contributed by atoms with van der Waals surface area (Å²) in [5, 5.41) is 1.89. The molecule has 0 saturated carbocycles. The highest BCUT2D eigenvalue weighted by atomic mass is 14.8. The number of rotatable bonds is 1. The van der Waals surface area contributed by atoms with Gasteiger partial charge in [0, 0.05) is 0 Å². The minimum Gasteiger partial charge on any atom is -0.323 e. The molecule has 24 valence electrons. The van der Waals surface area contributed by atoms with Crippen molar-refractivity contribution in [1.82, 2.24) is 0 Å². The van der Waals surface area contributed by atoms with Gasteiger partial charge in [-0.15, -0.1) is 0 Å². The van der Waals surface area contributed by atoms with Crippen LogP contribution in [0.2, 0.25) is 0 Å². The van der Waals surface area contributed by atoms with Crippen LogP contribution in [0.3, 0.4) is 0 Å². The zero-order valence-electron chi connectivity index (χ0n) is 2.86. The van der Waals surface area contributed by atoms with Gasteiger partial charge in [0.25, 0.3) is 0 Å². The van der Waals surface area contributed by atoms with E-state index in [0.717, 1.165) is 0 Å². The second-order valence-corrected chi connectivity index (χ2v) is 0.569. The molecule has 0 spiro atoms.